The van der Waals surface area contributed by atoms with Crippen molar-refractivity contribution in [3.8, 4) is 23.1 Å². The molecular weight excluding hydrogens is 2060 g/mol. The van der Waals surface area contributed by atoms with Gasteiger partial charge in [0.2, 0.25) is 0 Å². The van der Waals surface area contributed by atoms with Gasteiger partial charge in [0.15, 0.2) is 44.3 Å². The van der Waals surface area contributed by atoms with E-state index in [2.05, 4.69) is 64.7 Å². The largest absolute Gasteiger partial charge is 0.390 e. The standard InChI is InChI=1S/C24H36O4S2.C23H33ClO4S2.C23H38O4S2.C22H35FO4S2.C22H36O4S2/c1-4-11-24(26)13-10-17-16(14-24)5-6-19-18(17)9-12-23(2)20(19)7-8-21(23)22(25)15-29-30(3,27)28;1-22-9-7-17-16-8-10-23(26,11-12-24)13-15(16)3-4-18(17)19(22)5-6-20(22)21(25)14-29-30(2,27)28;1-4-23(25)12-10-16-15(13-23)5-6-18-17(16)9-11-22(2)19(18)7-8-20(22)21(24)14-28-29(3,26)27;1-21-9-7-16-15-8-10-22(25,13-23)11-14(15)3-4-17(16)18(21)5-6-19(21)20(24)12-28-29(2,26)27;1-21(24)10-8-15-14(12-21)4-5-17-16(15)9-11-22(2)18(17)6-7-19(22)20(23)13-27-28(3,25)26/h16-21,26H,5-10,12-15H2,1-3H3;15-20,26H,3-10,13-14H2,1-2H3;15-20,25H,4-14H2,1-3H3;14-19,25H,3-13H2,1-2H3;14-19,24H,4-13H2,1-3H3/t16-,17+,18?,19?,20?,21-,23+,24-;15-,16+,17?,18?,19?,20-,22+,23+;15-,16+,17?,18?,19?,20-,22+,23-;14-,15+,16?,17?,18?,19-,21+,22-;14-,15+,16?,17?,18?,19-,21-,22+/m11111/s1. The molecule has 32 heteroatoms. The fourth-order valence-corrected chi connectivity index (χ4v) is 47.5. The third-order valence-electron chi connectivity index (χ3n) is 46.0. The Morgan fingerprint density at radius 1 is 0.288 bits per heavy atom. The van der Waals surface area contributed by atoms with Crippen molar-refractivity contribution in [1.82, 2.24) is 0 Å². The average molecular weight is 2240 g/mol. The molecule has 0 aromatic heterocycles. The van der Waals surface area contributed by atoms with Crippen LogP contribution in [-0.2, 0) is 68.3 Å². The second-order valence-corrected chi connectivity index (χ2v) is 76.0. The highest BCUT2D eigenvalue weighted by Crippen LogP contribution is 2.72. The van der Waals surface area contributed by atoms with Gasteiger partial charge in [-0.25, -0.2) is 46.5 Å². The minimum absolute atomic E-state index is 0.00249. The number of hydrogen-bond donors (Lipinski definition) is 5. The van der Waals surface area contributed by atoms with Crippen LogP contribution in [0.3, 0.4) is 0 Å². The predicted octanol–water partition coefficient (Wildman–Crippen LogP) is 21.9. The summed E-state index contributed by atoms with van der Waals surface area (Å²) in [4.78, 5) is 64.6. The molecule has 0 spiro atoms. The monoisotopic (exact) mass is 2240 g/mol. The fraction of sp³-hybridized carbons (Fsp3) is 0.921. The van der Waals surface area contributed by atoms with E-state index in [1.54, 1.807) is 0 Å². The fourth-order valence-electron chi connectivity index (χ4n) is 39.7. The second kappa shape index (κ2) is 45.3. The van der Waals surface area contributed by atoms with Crippen LogP contribution in [-0.4, -0.2) is 191 Å². The van der Waals surface area contributed by atoms with E-state index in [-0.39, 0.29) is 114 Å². The van der Waals surface area contributed by atoms with Gasteiger partial charge < -0.3 is 25.5 Å². The van der Waals surface area contributed by atoms with E-state index in [9.17, 15) is 96.0 Å². The Kier molecular flexibility index (Phi) is 36.4. The molecule has 0 saturated heterocycles. The molecule has 0 aliphatic heterocycles. The number of alkyl halides is 1. The highest BCUT2D eigenvalue weighted by Gasteiger charge is 2.67. The first-order chi connectivity index (χ1) is 68.3. The third-order valence-corrected chi connectivity index (χ3v) is 58.5. The Labute approximate surface area is 900 Å². The molecule has 20 saturated carbocycles. The molecule has 0 radical (unpaired) electrons. The smallest absolute Gasteiger partial charge is 0.199 e. The molecule has 20 aliphatic carbocycles. The van der Waals surface area contributed by atoms with Crippen molar-refractivity contribution in [2.75, 3.05) is 66.7 Å². The predicted molar refractivity (Wildman–Crippen MR) is 588 cm³/mol. The molecule has 5 N–H and O–H groups in total. The lowest BCUT2D eigenvalue weighted by atomic mass is 9.48. The van der Waals surface area contributed by atoms with Gasteiger partial charge in [0.05, 0.1) is 45.6 Å². The van der Waals surface area contributed by atoms with E-state index >= 15 is 0 Å². The molecule has 15 unspecified atom stereocenters. The lowest BCUT2D eigenvalue weighted by Gasteiger charge is -2.57. The van der Waals surface area contributed by atoms with Crippen LogP contribution in [0.15, 0.2) is 0 Å². The minimum Gasteiger partial charge on any atom is -0.390 e. The van der Waals surface area contributed by atoms with E-state index in [0.29, 0.717) is 126 Å². The molecule has 20 fully saturated rings. The molecule has 0 aromatic rings. The molecule has 40 atom stereocenters. The average Bonchev–Trinajstić information content (AvgIpc) is 1.50. The first-order valence-electron chi connectivity index (χ1n) is 56.9. The van der Waals surface area contributed by atoms with Gasteiger partial charge in [-0.3, -0.25) is 24.0 Å². The van der Waals surface area contributed by atoms with Crippen molar-refractivity contribution in [2.24, 2.45) is 205 Å². The molecule has 0 aromatic carbocycles. The van der Waals surface area contributed by atoms with Crippen LogP contribution < -0.4 is 0 Å². The summed E-state index contributed by atoms with van der Waals surface area (Å²) in [5, 5.41) is 55.8. The Morgan fingerprint density at radius 3 is 0.760 bits per heavy atom. The zero-order valence-electron chi connectivity index (χ0n) is 89.8. The Balaban J connectivity index is 0.000000131. The van der Waals surface area contributed by atoms with Crippen LogP contribution in [0.4, 0.5) is 4.39 Å². The number of Topliss-reactive ketones (excluding diaryl/α,β-unsaturated/α-hetero) is 5. The number of hydrogen-bond acceptors (Lipinski definition) is 25. The maximum Gasteiger partial charge on any atom is 0.199 e. The summed E-state index contributed by atoms with van der Waals surface area (Å²) < 4.78 is 128. The van der Waals surface area contributed by atoms with Crippen LogP contribution in [0.2, 0.25) is 0 Å². The lowest BCUT2D eigenvalue weighted by molar-refractivity contribution is -0.131. The quantitative estimate of drug-likeness (QED) is 0.0496. The van der Waals surface area contributed by atoms with Gasteiger partial charge in [0, 0.05) is 66.2 Å². The molecule has 0 amide bonds. The first-order valence-corrected chi connectivity index (χ1v) is 74.2. The molecule has 0 heterocycles. The van der Waals surface area contributed by atoms with E-state index in [4.69, 9.17) is 11.6 Å². The number of rotatable bonds is 22. The van der Waals surface area contributed by atoms with Crippen LogP contribution in [0, 0.1) is 228 Å². The van der Waals surface area contributed by atoms with Crippen molar-refractivity contribution < 1.29 is 96.0 Å². The number of carbonyl (C=O) groups excluding carboxylic acids is 5. The van der Waals surface area contributed by atoms with Gasteiger partial charge in [-0.2, -0.15) is 0 Å². The number of ketones is 5. The molecular formula is C114H178ClFO20S10. The van der Waals surface area contributed by atoms with Gasteiger partial charge in [-0.1, -0.05) is 53.4 Å². The summed E-state index contributed by atoms with van der Waals surface area (Å²) in [6.45, 7) is 16.9. The zero-order valence-corrected chi connectivity index (χ0v) is 98.7. The minimum atomic E-state index is -3.19. The van der Waals surface area contributed by atoms with Gasteiger partial charge >= 0.3 is 0 Å². The lowest BCUT2D eigenvalue weighted by Crippen LogP contribution is -2.52. The highest BCUT2D eigenvalue weighted by atomic mass is 35.5. The van der Waals surface area contributed by atoms with Crippen LogP contribution in [0.5, 0.6) is 0 Å². The molecule has 20 nitrogen and oxygen atoms in total. The van der Waals surface area contributed by atoms with Gasteiger partial charge in [-0.05, 0) is 550 Å². The Bertz CT molecular complexity index is 5220. The van der Waals surface area contributed by atoms with E-state index < -0.39 is 79.0 Å². The third kappa shape index (κ3) is 25.2. The van der Waals surface area contributed by atoms with Crippen LogP contribution in [0.1, 0.15) is 351 Å². The molecule has 20 aliphatic rings. The molecule has 146 heavy (non-hydrogen) atoms. The summed E-state index contributed by atoms with van der Waals surface area (Å²) in [7, 11) is -11.9. The topological polar surface area (TPSA) is 357 Å². The summed E-state index contributed by atoms with van der Waals surface area (Å²) in [6.07, 6.45) is 53.6. The summed E-state index contributed by atoms with van der Waals surface area (Å²) in [5.74, 6) is 26.5. The molecule has 0 bridgehead atoms. The van der Waals surface area contributed by atoms with Crippen molar-refractivity contribution in [3.63, 3.8) is 0 Å². The Hall–Kier alpha value is -1.01. The van der Waals surface area contributed by atoms with E-state index in [1.165, 1.54) is 102 Å². The summed E-state index contributed by atoms with van der Waals surface area (Å²) in [5.41, 5.74) is -3.54. The first kappa shape index (κ1) is 117. The number of aliphatic hydroxyl groups is 5. The zero-order chi connectivity index (χ0) is 106. The maximum atomic E-state index is 13.3. The van der Waals surface area contributed by atoms with Gasteiger partial charge in [0.25, 0.3) is 0 Å². The van der Waals surface area contributed by atoms with Crippen molar-refractivity contribution in [1.29, 1.82) is 0 Å². The van der Waals surface area contributed by atoms with Crippen LogP contribution in [0.25, 0.3) is 0 Å². The summed E-state index contributed by atoms with van der Waals surface area (Å²) >= 11 is 5.59. The maximum absolute atomic E-state index is 13.3. The molecule has 20 rings (SSSR count). The van der Waals surface area contributed by atoms with E-state index in [1.807, 2.05) is 13.8 Å². The van der Waals surface area contributed by atoms with Gasteiger partial charge in [0.1, 0.15) is 46.8 Å². The number of fused-ring (bicyclic) bond motifs is 25. The normalized spacial score (nSPS) is 46.7. The van der Waals surface area contributed by atoms with Crippen molar-refractivity contribution in [3.05, 3.63) is 0 Å². The van der Waals surface area contributed by atoms with Crippen molar-refractivity contribution in [2.45, 2.75) is 379 Å². The second-order valence-electron chi connectivity index (χ2n) is 53.5. The van der Waals surface area contributed by atoms with E-state index in [0.717, 1.165) is 301 Å². The Morgan fingerprint density at radius 2 is 0.514 bits per heavy atom. The number of carbonyl (C=O) groups is 5. The van der Waals surface area contributed by atoms with Crippen LogP contribution >= 0.6 is 65.6 Å². The summed E-state index contributed by atoms with van der Waals surface area (Å²) in [6, 6.07) is 0. The molecule has 828 valence electrons. The number of halogens is 2. The highest BCUT2D eigenvalue weighted by molar-refractivity contribution is 8.73. The van der Waals surface area contributed by atoms with Gasteiger partial charge in [-0.15, -0.1) is 5.92 Å². The van der Waals surface area contributed by atoms with Crippen molar-refractivity contribution >= 4 is 139 Å². The SMILES string of the molecule is CC#C[C@@]1(O)CC[C@@H]2C3CC[C@@]4(C)C(CC[C@@H]4C(=O)CSS(C)(=O)=O)C3CC[C@@H]2C1.CC[C@@]1(O)CC[C@@H]2C3CC[C@@]4(C)C(CC[C@@H]4C(=O)CSS(C)(=O)=O)C3CC[C@@H]2C1.C[C@@]1(O)CC[C@@H]2C3CC[C@@]4(C)C(CC[C@@H]4C(=O)CSS(C)(=O)=O)C3CC[C@@H]2C1.C[C@]12CCC3C(CC[C@@H]4C[C@@](O)(C#CCl)CC[C@H]34)C1CC[C@@H]2C(=O)CSS(C)(=O)=O.C[C@]12CCC3C(CC[C@@H]4C[C@@](O)(CF)CC[C@H]34)C1CC[C@@H]2C(=O)CSS(C)(=O)=O.